The third kappa shape index (κ3) is 8.53. The maximum atomic E-state index is 11.6. The lowest BCUT2D eigenvalue weighted by Gasteiger charge is -2.48. The molecule has 41 heavy (non-hydrogen) atoms. The van der Waals surface area contributed by atoms with E-state index in [0.29, 0.717) is 13.1 Å². The van der Waals surface area contributed by atoms with Crippen LogP contribution in [0, 0.1) is 0 Å². The topological polar surface area (TPSA) is 239 Å². The van der Waals surface area contributed by atoms with E-state index >= 15 is 0 Å². The lowest BCUT2D eigenvalue weighted by Crippen LogP contribution is -2.68. The van der Waals surface area contributed by atoms with Crippen molar-refractivity contribution < 1.29 is 44.5 Å². The van der Waals surface area contributed by atoms with Gasteiger partial charge < -0.3 is 71.9 Å². The zero-order chi connectivity index (χ0) is 30.5. The molecule has 1 aliphatic carbocycles. The molecule has 0 aromatic rings. The van der Waals surface area contributed by atoms with Crippen molar-refractivity contribution in [2.45, 2.75) is 119 Å². The number of nitrogens with two attached hydrogens (primary N) is 2. The van der Waals surface area contributed by atoms with E-state index in [1.54, 1.807) is 14.1 Å². The lowest BCUT2D eigenvalue weighted by molar-refractivity contribution is -0.307. The molecule has 3 rings (SSSR count). The fourth-order valence-corrected chi connectivity index (χ4v) is 5.66. The van der Waals surface area contributed by atoms with Crippen LogP contribution >= 0.6 is 0 Å². The van der Waals surface area contributed by atoms with E-state index in [2.05, 4.69) is 20.9 Å². The molecule has 0 spiro atoms. The van der Waals surface area contributed by atoms with E-state index in [9.17, 15) is 20.4 Å². The van der Waals surface area contributed by atoms with Crippen molar-refractivity contribution >= 4 is 5.84 Å². The third-order valence-corrected chi connectivity index (χ3v) is 8.13. The van der Waals surface area contributed by atoms with Crippen molar-refractivity contribution in [3.05, 3.63) is 0 Å². The van der Waals surface area contributed by atoms with Crippen LogP contribution in [0.15, 0.2) is 4.99 Å². The van der Waals surface area contributed by atoms with E-state index < -0.39 is 66.3 Å². The molecule has 3 fully saturated rings. The van der Waals surface area contributed by atoms with Crippen LogP contribution in [-0.2, 0) is 18.9 Å². The number of likely N-dealkylation sites (N-methyl/N-ethyl adjacent to an activating group) is 2. The molecule has 1 saturated carbocycles. The van der Waals surface area contributed by atoms with Crippen LogP contribution in [-0.4, -0.2) is 150 Å². The normalized spacial score (nSPS) is 42.8. The molecule has 240 valence electrons. The van der Waals surface area contributed by atoms with Gasteiger partial charge in [-0.1, -0.05) is 0 Å². The first-order chi connectivity index (χ1) is 19.2. The van der Waals surface area contributed by atoms with Crippen molar-refractivity contribution in [1.29, 1.82) is 0 Å². The van der Waals surface area contributed by atoms with Gasteiger partial charge >= 0.3 is 0 Å². The van der Waals surface area contributed by atoms with Crippen molar-refractivity contribution in [2.75, 3.05) is 40.4 Å². The van der Waals surface area contributed by atoms with E-state index in [-0.39, 0.29) is 37.6 Å². The number of hydrogen-bond acceptors (Lipinski definition) is 14. The number of aliphatic imine (C=N–C) groups is 1. The summed E-state index contributed by atoms with van der Waals surface area (Å²) in [5.74, 6) is -0.0694. The minimum Gasteiger partial charge on any atom is -0.395 e. The lowest BCUT2D eigenvalue weighted by atomic mass is 9.83. The zero-order valence-electron chi connectivity index (χ0n) is 24.8. The van der Waals surface area contributed by atoms with E-state index in [0.717, 1.165) is 12.8 Å². The number of ether oxygens (including phenoxy) is 4. The number of aliphatic hydroxyl groups is 5. The van der Waals surface area contributed by atoms with Gasteiger partial charge in [0.05, 0.1) is 37.4 Å². The fraction of sp³-hybridized carbons (Fsp3) is 0.962. The quantitative estimate of drug-likeness (QED) is 0.0592. The van der Waals surface area contributed by atoms with E-state index in [1.165, 1.54) is 20.8 Å². The predicted molar refractivity (Wildman–Crippen MR) is 150 cm³/mol. The third-order valence-electron chi connectivity index (χ3n) is 8.13. The van der Waals surface area contributed by atoms with E-state index in [1.807, 2.05) is 0 Å². The number of rotatable bonds is 12. The highest BCUT2D eigenvalue weighted by Gasteiger charge is 2.52. The molecule has 12 atom stereocenters. The van der Waals surface area contributed by atoms with Gasteiger partial charge in [0.25, 0.3) is 0 Å². The van der Waals surface area contributed by atoms with Crippen LogP contribution in [0.4, 0.5) is 0 Å². The van der Waals surface area contributed by atoms with Crippen LogP contribution in [0.1, 0.15) is 40.0 Å². The Morgan fingerprint density at radius 3 is 2.39 bits per heavy atom. The summed E-state index contributed by atoms with van der Waals surface area (Å²) >= 11 is 0. The SMILES string of the molecule is CNC1CCC(CNCCO)OC1OC1C(N)CC(N=C(N)C(C)(C)O)C(OC2OCC(C)(O)C(NC)C2O)C1O. The summed E-state index contributed by atoms with van der Waals surface area (Å²) in [4.78, 5) is 4.46. The average Bonchev–Trinajstić information content (AvgIpc) is 2.89. The molecule has 12 N–H and O–H groups in total. The molecule has 0 aromatic carbocycles. The number of aliphatic hydroxyl groups excluding tert-OH is 3. The number of amidine groups is 1. The zero-order valence-corrected chi connectivity index (χ0v) is 24.8. The summed E-state index contributed by atoms with van der Waals surface area (Å²) in [6.45, 7) is 5.38. The number of nitrogens with zero attached hydrogens (tertiary/aromatic N) is 1. The van der Waals surface area contributed by atoms with Crippen LogP contribution < -0.4 is 27.4 Å². The van der Waals surface area contributed by atoms with Gasteiger partial charge in [-0.15, -0.1) is 0 Å². The Bertz CT molecular complexity index is 845. The molecule has 0 aromatic heterocycles. The van der Waals surface area contributed by atoms with Gasteiger partial charge in [-0.05, 0) is 54.1 Å². The largest absolute Gasteiger partial charge is 0.395 e. The Morgan fingerprint density at radius 1 is 1.10 bits per heavy atom. The Morgan fingerprint density at radius 2 is 1.78 bits per heavy atom. The highest BCUT2D eigenvalue weighted by molar-refractivity contribution is 5.88. The summed E-state index contributed by atoms with van der Waals surface area (Å²) in [5.41, 5.74) is 9.81. The van der Waals surface area contributed by atoms with Crippen LogP contribution in [0.25, 0.3) is 0 Å². The highest BCUT2D eigenvalue weighted by atomic mass is 16.7. The average molecular weight is 593 g/mol. The number of nitrogens with one attached hydrogen (secondary N) is 3. The fourth-order valence-electron chi connectivity index (χ4n) is 5.66. The molecule has 2 aliphatic heterocycles. The predicted octanol–water partition coefficient (Wildman–Crippen LogP) is -3.92. The summed E-state index contributed by atoms with van der Waals surface area (Å²) in [6.07, 6.45) is -5.08. The van der Waals surface area contributed by atoms with Gasteiger partial charge in [0.2, 0.25) is 0 Å². The standard InChI is InChI=1S/C26H52N6O9/c1-25(2,36)24(28)32-16-10-14(27)19(40-22-15(29-4)7-6-13(39-22)11-31-8-9-33)17(34)20(16)41-23-18(35)21(30-5)26(3,37)12-38-23/h13-23,29-31,33-37H,6-12,27H2,1-5H3,(H2,28,32). The van der Waals surface area contributed by atoms with Crippen molar-refractivity contribution in [1.82, 2.24) is 16.0 Å². The summed E-state index contributed by atoms with van der Waals surface area (Å²) in [5, 5.41) is 62.0. The maximum Gasteiger partial charge on any atom is 0.185 e. The first-order valence-electron chi connectivity index (χ1n) is 14.4. The first kappa shape index (κ1) is 34.4. The van der Waals surface area contributed by atoms with Gasteiger partial charge in [0.15, 0.2) is 12.6 Å². The molecule has 0 bridgehead atoms. The highest BCUT2D eigenvalue weighted by Crippen LogP contribution is 2.33. The molecule has 15 heteroatoms. The summed E-state index contributed by atoms with van der Waals surface area (Å²) < 4.78 is 24.4. The molecular weight excluding hydrogens is 540 g/mol. The van der Waals surface area contributed by atoms with Crippen LogP contribution in [0.2, 0.25) is 0 Å². The molecule has 0 amide bonds. The second kappa shape index (κ2) is 14.6. The van der Waals surface area contributed by atoms with Crippen LogP contribution in [0.5, 0.6) is 0 Å². The van der Waals surface area contributed by atoms with Crippen LogP contribution in [0.3, 0.4) is 0 Å². The van der Waals surface area contributed by atoms with Crippen molar-refractivity contribution in [3.8, 4) is 0 Å². The van der Waals surface area contributed by atoms with E-state index in [4.69, 9.17) is 35.5 Å². The smallest absolute Gasteiger partial charge is 0.185 e. The first-order valence-corrected chi connectivity index (χ1v) is 14.4. The molecule has 3 aliphatic rings. The van der Waals surface area contributed by atoms with Gasteiger partial charge in [-0.2, -0.15) is 0 Å². The van der Waals surface area contributed by atoms with Gasteiger partial charge in [0.1, 0.15) is 41.5 Å². The molecule has 2 heterocycles. The molecule has 12 unspecified atom stereocenters. The minimum atomic E-state index is -1.43. The molecule has 15 nitrogen and oxygen atoms in total. The Kier molecular flexibility index (Phi) is 12.3. The van der Waals surface area contributed by atoms with Gasteiger partial charge in [0, 0.05) is 19.1 Å². The Balaban J connectivity index is 1.84. The molecular formula is C26H52N6O9. The Hall–Kier alpha value is -1.05. The van der Waals surface area contributed by atoms with Crippen molar-refractivity contribution in [2.24, 2.45) is 16.5 Å². The second-order valence-corrected chi connectivity index (χ2v) is 12.1. The van der Waals surface area contributed by atoms with Gasteiger partial charge in [-0.25, -0.2) is 0 Å². The second-order valence-electron chi connectivity index (χ2n) is 12.1. The maximum absolute atomic E-state index is 11.6. The molecule has 0 radical (unpaired) electrons. The minimum absolute atomic E-state index is 0.0178. The summed E-state index contributed by atoms with van der Waals surface area (Å²) in [7, 11) is 3.41. The monoisotopic (exact) mass is 592 g/mol. The molecule has 2 saturated heterocycles. The van der Waals surface area contributed by atoms with Crippen molar-refractivity contribution in [3.63, 3.8) is 0 Å². The number of hydrogen-bond donors (Lipinski definition) is 10. The Labute approximate surface area is 241 Å². The summed E-state index contributed by atoms with van der Waals surface area (Å²) in [6, 6.07) is -2.44. The van der Waals surface area contributed by atoms with Gasteiger partial charge in [-0.3, -0.25) is 4.99 Å².